The molecule has 0 atom stereocenters. The van der Waals surface area contributed by atoms with Crippen LogP contribution in [0.15, 0.2) is 24.4 Å². The average Bonchev–Trinajstić information content (AvgIpc) is 2.29. The normalized spacial score (nSPS) is 10.6. The Morgan fingerprint density at radius 1 is 1.29 bits per heavy atom. The Hall–Kier alpha value is -1.68. The highest BCUT2D eigenvalue weighted by Gasteiger charge is 2.17. The maximum atomic E-state index is 13.7. The van der Waals surface area contributed by atoms with Gasteiger partial charge in [-0.3, -0.25) is 0 Å². The lowest BCUT2D eigenvalue weighted by atomic mass is 10.0. The van der Waals surface area contributed by atoms with Gasteiger partial charge in [0.05, 0.1) is 5.02 Å². The molecule has 0 saturated heterocycles. The van der Waals surface area contributed by atoms with E-state index in [1.54, 1.807) is 19.2 Å². The molecule has 2 N–H and O–H groups in total. The minimum atomic E-state index is -1.02. The van der Waals surface area contributed by atoms with Gasteiger partial charge in [0.15, 0.2) is 11.6 Å². The molecule has 1 heterocycles. The summed E-state index contributed by atoms with van der Waals surface area (Å²) < 4.78 is 26.9. The average molecular weight is 255 g/mol. The van der Waals surface area contributed by atoms with Crippen LogP contribution in [-0.4, -0.2) is 4.98 Å². The van der Waals surface area contributed by atoms with E-state index in [1.165, 1.54) is 6.07 Å². The predicted octanol–water partition coefficient (Wildman–Crippen LogP) is 3.57. The molecule has 0 unspecified atom stereocenters. The van der Waals surface area contributed by atoms with Crippen molar-refractivity contribution in [1.82, 2.24) is 4.98 Å². The number of halogens is 3. The van der Waals surface area contributed by atoms with Crippen LogP contribution in [0.5, 0.6) is 0 Å². The Balaban J connectivity index is 2.76. The maximum absolute atomic E-state index is 13.7. The highest BCUT2D eigenvalue weighted by Crippen LogP contribution is 2.34. The molecule has 1 aromatic heterocycles. The van der Waals surface area contributed by atoms with E-state index in [1.807, 2.05) is 0 Å². The summed E-state index contributed by atoms with van der Waals surface area (Å²) in [5, 5.41) is 0.100. The molecule has 2 rings (SSSR count). The molecule has 0 radical (unpaired) electrons. The molecule has 0 aliphatic heterocycles. The molecule has 0 amide bonds. The van der Waals surface area contributed by atoms with E-state index in [0.717, 1.165) is 11.6 Å². The molecule has 0 bridgehead atoms. The lowest BCUT2D eigenvalue weighted by molar-refractivity contribution is 0.511. The molecule has 88 valence electrons. The number of anilines is 1. The van der Waals surface area contributed by atoms with E-state index >= 15 is 0 Å². The van der Waals surface area contributed by atoms with Gasteiger partial charge in [0.2, 0.25) is 0 Å². The van der Waals surface area contributed by atoms with Gasteiger partial charge in [-0.25, -0.2) is 13.8 Å². The van der Waals surface area contributed by atoms with Crippen molar-refractivity contribution in [2.45, 2.75) is 6.92 Å². The minimum absolute atomic E-state index is 0.0552. The van der Waals surface area contributed by atoms with E-state index in [2.05, 4.69) is 4.98 Å². The van der Waals surface area contributed by atoms with Crippen molar-refractivity contribution in [2.24, 2.45) is 0 Å². The molecule has 2 aromatic rings. The van der Waals surface area contributed by atoms with Crippen LogP contribution in [-0.2, 0) is 0 Å². The van der Waals surface area contributed by atoms with Crippen molar-refractivity contribution in [1.29, 1.82) is 0 Å². The van der Waals surface area contributed by atoms with Crippen LogP contribution in [0.1, 0.15) is 5.56 Å². The first kappa shape index (κ1) is 11.8. The summed E-state index contributed by atoms with van der Waals surface area (Å²) in [5.41, 5.74) is 6.68. The second-order valence-corrected chi connectivity index (χ2v) is 4.07. The van der Waals surface area contributed by atoms with Crippen molar-refractivity contribution in [3.05, 3.63) is 46.6 Å². The van der Waals surface area contributed by atoms with Crippen LogP contribution in [0.4, 0.5) is 14.6 Å². The van der Waals surface area contributed by atoms with Crippen molar-refractivity contribution in [3.63, 3.8) is 0 Å². The van der Waals surface area contributed by atoms with Crippen molar-refractivity contribution < 1.29 is 8.78 Å². The molecular formula is C12H9ClF2N2. The number of nitrogen functional groups attached to an aromatic ring is 1. The minimum Gasteiger partial charge on any atom is -0.383 e. The lowest BCUT2D eigenvalue weighted by Gasteiger charge is -2.09. The van der Waals surface area contributed by atoms with Crippen LogP contribution in [0.2, 0.25) is 5.02 Å². The Kier molecular flexibility index (Phi) is 2.98. The Bertz CT molecular complexity index is 585. The third-order valence-electron chi connectivity index (χ3n) is 2.37. The van der Waals surface area contributed by atoms with Gasteiger partial charge in [0.1, 0.15) is 5.82 Å². The third-order valence-corrected chi connectivity index (χ3v) is 2.68. The van der Waals surface area contributed by atoms with Crippen LogP contribution in [0.3, 0.4) is 0 Å². The quantitative estimate of drug-likeness (QED) is 0.790. The van der Waals surface area contributed by atoms with Gasteiger partial charge in [0.25, 0.3) is 0 Å². The molecule has 1 aromatic carbocycles. The second-order valence-electron chi connectivity index (χ2n) is 3.66. The summed E-state index contributed by atoms with van der Waals surface area (Å²) in [7, 11) is 0. The summed E-state index contributed by atoms with van der Waals surface area (Å²) in [6.45, 7) is 1.78. The van der Waals surface area contributed by atoms with Gasteiger partial charge in [-0.05, 0) is 30.7 Å². The first-order chi connectivity index (χ1) is 8.00. The second kappa shape index (κ2) is 4.30. The molecular weight excluding hydrogens is 246 g/mol. The van der Waals surface area contributed by atoms with E-state index in [4.69, 9.17) is 17.3 Å². The number of benzene rings is 1. The third kappa shape index (κ3) is 2.08. The molecule has 2 nitrogen and oxygen atoms in total. The van der Waals surface area contributed by atoms with Gasteiger partial charge < -0.3 is 5.73 Å². The SMILES string of the molecule is Cc1cnc(N)c(-c2c(Cl)ccc(F)c2F)c1. The highest BCUT2D eigenvalue weighted by atomic mass is 35.5. The lowest BCUT2D eigenvalue weighted by Crippen LogP contribution is -1.98. The highest BCUT2D eigenvalue weighted by molar-refractivity contribution is 6.33. The zero-order chi connectivity index (χ0) is 12.6. The van der Waals surface area contributed by atoms with E-state index in [-0.39, 0.29) is 16.4 Å². The standard InChI is InChI=1S/C12H9ClF2N2/c1-6-4-7(12(16)17-5-6)10-8(13)2-3-9(14)11(10)15/h2-5H,1H3,(H2,16,17). The van der Waals surface area contributed by atoms with E-state index < -0.39 is 11.6 Å². The monoisotopic (exact) mass is 254 g/mol. The fourth-order valence-electron chi connectivity index (χ4n) is 1.55. The Morgan fingerprint density at radius 2 is 2.00 bits per heavy atom. The van der Waals surface area contributed by atoms with Gasteiger partial charge >= 0.3 is 0 Å². The van der Waals surface area contributed by atoms with Gasteiger partial charge in [-0.15, -0.1) is 0 Å². The number of aromatic nitrogens is 1. The van der Waals surface area contributed by atoms with Crippen LogP contribution in [0, 0.1) is 18.6 Å². The number of nitrogens with two attached hydrogens (primary N) is 1. The molecule has 0 aliphatic rings. The molecule has 5 heteroatoms. The molecule has 0 saturated carbocycles. The predicted molar refractivity (Wildman–Crippen MR) is 63.7 cm³/mol. The van der Waals surface area contributed by atoms with Crippen LogP contribution < -0.4 is 5.73 Å². The number of aryl methyl sites for hydroxylation is 1. The Morgan fingerprint density at radius 3 is 2.71 bits per heavy atom. The summed E-state index contributed by atoms with van der Waals surface area (Å²) in [6, 6.07) is 3.88. The summed E-state index contributed by atoms with van der Waals surface area (Å²) in [5.74, 6) is -1.87. The number of pyridine rings is 1. The van der Waals surface area contributed by atoms with E-state index in [9.17, 15) is 8.78 Å². The smallest absolute Gasteiger partial charge is 0.168 e. The summed E-state index contributed by atoms with van der Waals surface area (Å²) >= 11 is 5.87. The number of hydrogen-bond donors (Lipinski definition) is 1. The molecule has 0 fully saturated rings. The van der Waals surface area contributed by atoms with Gasteiger partial charge in [-0.1, -0.05) is 11.6 Å². The molecule has 0 spiro atoms. The first-order valence-electron chi connectivity index (χ1n) is 4.86. The zero-order valence-corrected chi connectivity index (χ0v) is 9.72. The van der Waals surface area contributed by atoms with Crippen molar-refractivity contribution in [3.8, 4) is 11.1 Å². The van der Waals surface area contributed by atoms with Crippen LogP contribution in [0.25, 0.3) is 11.1 Å². The molecule has 17 heavy (non-hydrogen) atoms. The Labute approximate surface area is 102 Å². The number of nitrogens with zero attached hydrogens (tertiary/aromatic N) is 1. The number of hydrogen-bond acceptors (Lipinski definition) is 2. The number of rotatable bonds is 1. The van der Waals surface area contributed by atoms with Crippen molar-refractivity contribution >= 4 is 17.4 Å². The molecule has 0 aliphatic carbocycles. The van der Waals surface area contributed by atoms with E-state index in [0.29, 0.717) is 5.56 Å². The van der Waals surface area contributed by atoms with Gasteiger partial charge in [-0.2, -0.15) is 0 Å². The van der Waals surface area contributed by atoms with Crippen LogP contribution >= 0.6 is 11.6 Å². The topological polar surface area (TPSA) is 38.9 Å². The fourth-order valence-corrected chi connectivity index (χ4v) is 1.80. The summed E-state index contributed by atoms with van der Waals surface area (Å²) in [4.78, 5) is 3.90. The van der Waals surface area contributed by atoms with Crippen molar-refractivity contribution in [2.75, 3.05) is 5.73 Å². The first-order valence-corrected chi connectivity index (χ1v) is 5.24. The maximum Gasteiger partial charge on any atom is 0.168 e. The van der Waals surface area contributed by atoms with Gasteiger partial charge in [0, 0.05) is 17.3 Å². The fraction of sp³-hybridized carbons (Fsp3) is 0.0833. The zero-order valence-electron chi connectivity index (χ0n) is 8.97. The summed E-state index contributed by atoms with van der Waals surface area (Å²) in [6.07, 6.45) is 1.55. The largest absolute Gasteiger partial charge is 0.383 e.